The number of ether oxygens (including phenoxy) is 1. The highest BCUT2D eigenvalue weighted by molar-refractivity contribution is 5.89. The Bertz CT molecular complexity index is 404. The first kappa shape index (κ1) is 12.2. The largest absolute Gasteiger partial charge is 0.462 e. The van der Waals surface area contributed by atoms with Gasteiger partial charge in [0.25, 0.3) is 0 Å². The summed E-state index contributed by atoms with van der Waals surface area (Å²) in [5.41, 5.74) is 2.28. The summed E-state index contributed by atoms with van der Waals surface area (Å²) in [6.07, 6.45) is 1.87. The van der Waals surface area contributed by atoms with Gasteiger partial charge >= 0.3 is 5.97 Å². The van der Waals surface area contributed by atoms with E-state index in [1.54, 1.807) is 19.1 Å². The van der Waals surface area contributed by atoms with Crippen LogP contribution in [-0.4, -0.2) is 19.3 Å². The zero-order chi connectivity index (χ0) is 12.0. The second-order valence-corrected chi connectivity index (χ2v) is 3.13. The summed E-state index contributed by atoms with van der Waals surface area (Å²) < 4.78 is 4.89. The van der Waals surface area contributed by atoms with Gasteiger partial charge in [0, 0.05) is 0 Å². The summed E-state index contributed by atoms with van der Waals surface area (Å²) in [6.45, 7) is 7.54. The van der Waals surface area contributed by atoms with E-state index >= 15 is 0 Å². The number of benzene rings is 1. The second-order valence-electron chi connectivity index (χ2n) is 3.13. The number of hydrogen-bond donors (Lipinski definition) is 0. The van der Waals surface area contributed by atoms with Gasteiger partial charge < -0.3 is 4.74 Å². The minimum absolute atomic E-state index is 0.303. The van der Waals surface area contributed by atoms with Crippen molar-refractivity contribution in [3.8, 4) is 0 Å². The first-order valence-corrected chi connectivity index (χ1v) is 5.13. The number of rotatable bonds is 4. The maximum atomic E-state index is 11.4. The Morgan fingerprint density at radius 3 is 2.38 bits per heavy atom. The van der Waals surface area contributed by atoms with Crippen molar-refractivity contribution in [2.45, 2.75) is 13.8 Å². The first-order valence-electron chi connectivity index (χ1n) is 5.13. The van der Waals surface area contributed by atoms with Crippen molar-refractivity contribution >= 4 is 18.4 Å². The smallest absolute Gasteiger partial charge is 0.338 e. The van der Waals surface area contributed by atoms with Crippen molar-refractivity contribution in [3.63, 3.8) is 0 Å². The third-order valence-corrected chi connectivity index (χ3v) is 2.14. The number of esters is 1. The molecule has 0 unspecified atom stereocenters. The highest BCUT2D eigenvalue weighted by Gasteiger charge is 2.06. The van der Waals surface area contributed by atoms with E-state index in [9.17, 15) is 4.79 Å². The molecule has 0 aromatic heterocycles. The molecule has 1 aromatic rings. The van der Waals surface area contributed by atoms with Crippen LogP contribution in [0.25, 0.3) is 5.70 Å². The molecule has 0 radical (unpaired) electrons. The summed E-state index contributed by atoms with van der Waals surface area (Å²) in [7, 11) is 0. The lowest BCUT2D eigenvalue weighted by molar-refractivity contribution is 0.0526. The highest BCUT2D eigenvalue weighted by Crippen LogP contribution is 2.16. The molecule has 0 aliphatic rings. The van der Waals surface area contributed by atoms with Gasteiger partial charge in [-0.1, -0.05) is 18.2 Å². The summed E-state index contributed by atoms with van der Waals surface area (Å²) in [6, 6.07) is 7.11. The maximum absolute atomic E-state index is 11.4. The SMILES string of the molecule is C=N/C(=C\C)c1ccc(C(=O)OCC)cc1. The molecule has 3 nitrogen and oxygen atoms in total. The Kier molecular flexibility index (Phi) is 4.45. The van der Waals surface area contributed by atoms with Gasteiger partial charge in [-0.15, -0.1) is 0 Å². The van der Waals surface area contributed by atoms with Crippen LogP contribution < -0.4 is 0 Å². The predicted octanol–water partition coefficient (Wildman–Crippen LogP) is 2.92. The Hall–Kier alpha value is -1.90. The minimum atomic E-state index is -0.303. The lowest BCUT2D eigenvalue weighted by Gasteiger charge is -2.04. The van der Waals surface area contributed by atoms with Crippen molar-refractivity contribution in [1.29, 1.82) is 0 Å². The molecule has 1 rings (SSSR count). The molecular formula is C13H15NO2. The molecule has 0 fully saturated rings. The van der Waals surface area contributed by atoms with E-state index < -0.39 is 0 Å². The van der Waals surface area contributed by atoms with Crippen molar-refractivity contribution < 1.29 is 9.53 Å². The molecule has 3 heteroatoms. The standard InChI is InChI=1S/C13H15NO2/c1-4-12(14-3)10-6-8-11(9-7-10)13(15)16-5-2/h4,6-9H,3,5H2,1-2H3/b12-4-. The number of nitrogens with zero attached hydrogens (tertiary/aromatic N) is 1. The molecule has 0 heterocycles. The molecule has 0 atom stereocenters. The lowest BCUT2D eigenvalue weighted by Crippen LogP contribution is -2.04. The fraction of sp³-hybridized carbons (Fsp3) is 0.231. The number of hydrogen-bond acceptors (Lipinski definition) is 3. The molecule has 84 valence electrons. The topological polar surface area (TPSA) is 38.7 Å². The molecule has 0 bridgehead atoms. The van der Waals surface area contributed by atoms with Gasteiger partial charge in [-0.3, -0.25) is 4.99 Å². The number of allylic oxidation sites excluding steroid dienone is 1. The second kappa shape index (κ2) is 5.85. The normalized spacial score (nSPS) is 11.0. The Morgan fingerprint density at radius 2 is 1.94 bits per heavy atom. The molecular weight excluding hydrogens is 202 g/mol. The molecule has 0 spiro atoms. The minimum Gasteiger partial charge on any atom is -0.462 e. The van der Waals surface area contributed by atoms with Gasteiger partial charge in [-0.05, 0) is 38.3 Å². The summed E-state index contributed by atoms with van der Waals surface area (Å²) in [5, 5.41) is 0. The molecule has 0 saturated carbocycles. The lowest BCUT2D eigenvalue weighted by atomic mass is 10.1. The monoisotopic (exact) mass is 217 g/mol. The van der Waals surface area contributed by atoms with Crippen LogP contribution in [0, 0.1) is 0 Å². The van der Waals surface area contributed by atoms with Crippen LogP contribution >= 0.6 is 0 Å². The van der Waals surface area contributed by atoms with Crippen LogP contribution in [0.3, 0.4) is 0 Å². The summed E-state index contributed by atoms with van der Waals surface area (Å²) >= 11 is 0. The van der Waals surface area contributed by atoms with Gasteiger partial charge in [-0.25, -0.2) is 4.79 Å². The Balaban J connectivity index is 2.91. The van der Waals surface area contributed by atoms with Crippen molar-refractivity contribution in [1.82, 2.24) is 0 Å². The maximum Gasteiger partial charge on any atom is 0.338 e. The zero-order valence-electron chi connectivity index (χ0n) is 9.56. The molecule has 0 aliphatic heterocycles. The van der Waals surface area contributed by atoms with Gasteiger partial charge in [0.1, 0.15) is 0 Å². The third kappa shape index (κ3) is 2.79. The Morgan fingerprint density at radius 1 is 1.38 bits per heavy atom. The molecule has 0 saturated heterocycles. The number of carbonyl (C=O) groups excluding carboxylic acids is 1. The molecule has 1 aromatic carbocycles. The van der Waals surface area contributed by atoms with E-state index in [-0.39, 0.29) is 5.97 Å². The van der Waals surface area contributed by atoms with Crippen molar-refractivity contribution in [2.24, 2.45) is 4.99 Å². The van der Waals surface area contributed by atoms with Crippen LogP contribution in [0.5, 0.6) is 0 Å². The average molecular weight is 217 g/mol. The molecule has 0 aliphatic carbocycles. The van der Waals surface area contributed by atoms with Crippen LogP contribution in [0.1, 0.15) is 29.8 Å². The number of carbonyl (C=O) groups is 1. The van der Waals surface area contributed by atoms with Crippen LogP contribution in [0.4, 0.5) is 0 Å². The summed E-state index contributed by atoms with van der Waals surface area (Å²) in [4.78, 5) is 15.3. The van der Waals surface area contributed by atoms with E-state index in [4.69, 9.17) is 4.74 Å². The van der Waals surface area contributed by atoms with E-state index in [0.29, 0.717) is 12.2 Å². The molecule has 0 N–H and O–H groups in total. The first-order chi connectivity index (χ1) is 7.72. The Labute approximate surface area is 95.5 Å². The predicted molar refractivity (Wildman–Crippen MR) is 65.6 cm³/mol. The van der Waals surface area contributed by atoms with E-state index in [2.05, 4.69) is 11.7 Å². The van der Waals surface area contributed by atoms with Crippen LogP contribution in [0.15, 0.2) is 35.3 Å². The van der Waals surface area contributed by atoms with E-state index in [1.165, 1.54) is 0 Å². The van der Waals surface area contributed by atoms with E-state index in [0.717, 1.165) is 11.3 Å². The van der Waals surface area contributed by atoms with Gasteiger partial charge in [0.15, 0.2) is 0 Å². The van der Waals surface area contributed by atoms with E-state index in [1.807, 2.05) is 25.1 Å². The highest BCUT2D eigenvalue weighted by atomic mass is 16.5. The molecule has 0 amide bonds. The zero-order valence-corrected chi connectivity index (χ0v) is 9.56. The quantitative estimate of drug-likeness (QED) is 0.574. The van der Waals surface area contributed by atoms with Crippen LogP contribution in [-0.2, 0) is 4.74 Å². The van der Waals surface area contributed by atoms with Crippen LogP contribution in [0.2, 0.25) is 0 Å². The van der Waals surface area contributed by atoms with Gasteiger partial charge in [-0.2, -0.15) is 0 Å². The van der Waals surface area contributed by atoms with Gasteiger partial charge in [0.05, 0.1) is 17.9 Å². The fourth-order valence-electron chi connectivity index (χ4n) is 1.34. The average Bonchev–Trinajstić information content (AvgIpc) is 2.32. The summed E-state index contributed by atoms with van der Waals surface area (Å²) in [5.74, 6) is -0.303. The molecule has 16 heavy (non-hydrogen) atoms. The number of aliphatic imine (C=N–C) groups is 1. The fourth-order valence-corrected chi connectivity index (χ4v) is 1.34. The van der Waals surface area contributed by atoms with Crippen molar-refractivity contribution in [2.75, 3.05) is 6.61 Å². The van der Waals surface area contributed by atoms with Crippen molar-refractivity contribution in [3.05, 3.63) is 41.5 Å². The van der Waals surface area contributed by atoms with Gasteiger partial charge in [0.2, 0.25) is 0 Å². The third-order valence-electron chi connectivity index (χ3n) is 2.14.